The summed E-state index contributed by atoms with van der Waals surface area (Å²) in [6.07, 6.45) is -1.46. The molecule has 1 aromatic heterocycles. The molecular formula is C14H16ClF3N2O2. The highest BCUT2D eigenvalue weighted by Crippen LogP contribution is 2.31. The van der Waals surface area contributed by atoms with Gasteiger partial charge in [0.1, 0.15) is 5.60 Å². The Morgan fingerprint density at radius 3 is 2.55 bits per heavy atom. The minimum atomic E-state index is -4.49. The fraction of sp³-hybridized carbons (Fsp3) is 0.429. The van der Waals surface area contributed by atoms with Crippen LogP contribution in [0, 0.1) is 0 Å². The summed E-state index contributed by atoms with van der Waals surface area (Å²) in [4.78, 5) is 15.0. The summed E-state index contributed by atoms with van der Waals surface area (Å²) in [7, 11) is 0. The first kappa shape index (κ1) is 18.3. The Hall–Kier alpha value is -1.76. The van der Waals surface area contributed by atoms with Crippen molar-refractivity contribution < 1.29 is 22.7 Å². The molecule has 0 aromatic carbocycles. The lowest BCUT2D eigenvalue weighted by Gasteiger charge is -2.19. The molecule has 1 N–H and O–H groups in total. The van der Waals surface area contributed by atoms with E-state index in [9.17, 15) is 18.0 Å². The van der Waals surface area contributed by atoms with Gasteiger partial charge in [0.15, 0.2) is 0 Å². The summed E-state index contributed by atoms with van der Waals surface area (Å²) in [6, 6.07) is 0.801. The Morgan fingerprint density at radius 2 is 2.05 bits per heavy atom. The summed E-state index contributed by atoms with van der Waals surface area (Å²) in [5.41, 5.74) is -1.34. The number of carbonyl (C=O) groups is 1. The van der Waals surface area contributed by atoms with Crippen molar-refractivity contribution in [2.24, 2.45) is 0 Å². The third-order valence-electron chi connectivity index (χ3n) is 2.24. The smallest absolute Gasteiger partial charge is 0.417 e. The molecule has 4 nitrogen and oxygen atoms in total. The summed E-state index contributed by atoms with van der Waals surface area (Å²) in [5.74, 6) is 0. The van der Waals surface area contributed by atoms with Crippen LogP contribution in [-0.4, -0.2) is 23.2 Å². The number of carbonyl (C=O) groups excluding carboxylic acids is 1. The van der Waals surface area contributed by atoms with E-state index in [0.29, 0.717) is 6.20 Å². The van der Waals surface area contributed by atoms with Gasteiger partial charge in [-0.15, -0.1) is 0 Å². The average molecular weight is 337 g/mol. The number of pyridine rings is 1. The monoisotopic (exact) mass is 336 g/mol. The maximum atomic E-state index is 12.5. The lowest BCUT2D eigenvalue weighted by molar-refractivity contribution is -0.137. The molecule has 1 amide bonds. The molecule has 0 saturated carbocycles. The summed E-state index contributed by atoms with van der Waals surface area (Å²) in [5, 5.41) is 2.34. The Morgan fingerprint density at radius 1 is 1.41 bits per heavy atom. The first-order valence-corrected chi connectivity index (χ1v) is 6.73. The maximum absolute atomic E-state index is 12.5. The highest BCUT2D eigenvalue weighted by atomic mass is 35.5. The van der Waals surface area contributed by atoms with E-state index < -0.39 is 23.4 Å². The van der Waals surface area contributed by atoms with Crippen LogP contribution in [0.15, 0.2) is 18.3 Å². The number of nitrogens with one attached hydrogen (secondary N) is 1. The molecule has 22 heavy (non-hydrogen) atoms. The van der Waals surface area contributed by atoms with Crippen LogP contribution in [0.1, 0.15) is 32.0 Å². The van der Waals surface area contributed by atoms with Crippen LogP contribution < -0.4 is 5.32 Å². The van der Waals surface area contributed by atoms with Crippen molar-refractivity contribution in [2.45, 2.75) is 32.5 Å². The van der Waals surface area contributed by atoms with Gasteiger partial charge in [-0.3, -0.25) is 4.98 Å². The zero-order valence-corrected chi connectivity index (χ0v) is 13.0. The number of hydrogen-bond donors (Lipinski definition) is 1. The molecule has 0 saturated heterocycles. The maximum Gasteiger partial charge on any atom is 0.417 e. The Labute approximate surface area is 131 Å². The number of hydrogen-bond acceptors (Lipinski definition) is 3. The number of rotatable bonds is 3. The minimum absolute atomic E-state index is 0.122. The average Bonchev–Trinajstić information content (AvgIpc) is 2.32. The number of halogens is 4. The van der Waals surface area contributed by atoms with E-state index in [0.717, 1.165) is 6.07 Å². The molecular weight excluding hydrogens is 321 g/mol. The van der Waals surface area contributed by atoms with Crippen LogP contribution in [0.4, 0.5) is 18.0 Å². The highest BCUT2D eigenvalue weighted by molar-refractivity contribution is 6.31. The SMILES string of the molecule is CC(C)(C)OC(=O)NCC=Cc1ncc(C(F)(F)F)cc1Cl. The fourth-order valence-corrected chi connectivity index (χ4v) is 1.58. The zero-order valence-electron chi connectivity index (χ0n) is 12.3. The Balaban J connectivity index is 2.59. The van der Waals surface area contributed by atoms with Gasteiger partial charge in [-0.05, 0) is 32.9 Å². The number of alkyl halides is 3. The number of alkyl carbamates (subject to hydrolysis) is 1. The zero-order chi connectivity index (χ0) is 17.0. The van der Waals surface area contributed by atoms with Gasteiger partial charge in [0.05, 0.1) is 16.3 Å². The third-order valence-corrected chi connectivity index (χ3v) is 2.54. The number of aromatic nitrogens is 1. The molecule has 0 unspecified atom stereocenters. The second kappa shape index (κ2) is 7.00. The van der Waals surface area contributed by atoms with Crippen molar-refractivity contribution in [1.29, 1.82) is 0 Å². The second-order valence-electron chi connectivity index (χ2n) is 5.37. The standard InChI is InChI=1S/C14H16ClF3N2O2/c1-13(2,3)22-12(21)19-6-4-5-11-10(15)7-9(8-20-11)14(16,17)18/h4-5,7-8H,6H2,1-3H3,(H,19,21). The number of nitrogens with zero attached hydrogens (tertiary/aromatic N) is 1. The van der Waals surface area contributed by atoms with Gasteiger partial charge in [-0.25, -0.2) is 4.79 Å². The van der Waals surface area contributed by atoms with Gasteiger partial charge in [-0.1, -0.05) is 17.7 Å². The van der Waals surface area contributed by atoms with Crippen LogP contribution in [0.3, 0.4) is 0 Å². The van der Waals surface area contributed by atoms with Gasteiger partial charge in [0, 0.05) is 12.7 Å². The van der Waals surface area contributed by atoms with E-state index in [1.54, 1.807) is 20.8 Å². The van der Waals surface area contributed by atoms with Crippen LogP contribution in [0.25, 0.3) is 6.08 Å². The Kier molecular flexibility index (Phi) is 5.82. The molecule has 0 bridgehead atoms. The molecule has 1 rings (SSSR count). The van der Waals surface area contributed by atoms with Crippen molar-refractivity contribution in [3.05, 3.63) is 34.6 Å². The molecule has 0 radical (unpaired) electrons. The summed E-state index contributed by atoms with van der Waals surface area (Å²) in [6.45, 7) is 5.32. The molecule has 0 spiro atoms. The summed E-state index contributed by atoms with van der Waals surface area (Å²) >= 11 is 5.74. The van der Waals surface area contributed by atoms with Gasteiger partial charge < -0.3 is 10.1 Å². The second-order valence-corrected chi connectivity index (χ2v) is 5.78. The first-order valence-electron chi connectivity index (χ1n) is 6.35. The van der Waals surface area contributed by atoms with Gasteiger partial charge >= 0.3 is 12.3 Å². The van der Waals surface area contributed by atoms with Gasteiger partial charge in [0.2, 0.25) is 0 Å². The quantitative estimate of drug-likeness (QED) is 0.895. The van der Waals surface area contributed by atoms with E-state index >= 15 is 0 Å². The van der Waals surface area contributed by atoms with Crippen LogP contribution in [0.5, 0.6) is 0 Å². The highest BCUT2D eigenvalue weighted by Gasteiger charge is 2.31. The third kappa shape index (κ3) is 6.34. The van der Waals surface area contributed by atoms with E-state index in [2.05, 4.69) is 10.3 Å². The van der Waals surface area contributed by atoms with Crippen molar-refractivity contribution in [3.8, 4) is 0 Å². The topological polar surface area (TPSA) is 51.2 Å². The molecule has 8 heteroatoms. The molecule has 0 aliphatic carbocycles. The molecule has 1 aromatic rings. The van der Waals surface area contributed by atoms with Gasteiger partial charge in [0.25, 0.3) is 0 Å². The van der Waals surface area contributed by atoms with Crippen molar-refractivity contribution in [3.63, 3.8) is 0 Å². The van der Waals surface area contributed by atoms with E-state index in [-0.39, 0.29) is 17.3 Å². The summed E-state index contributed by atoms with van der Waals surface area (Å²) < 4.78 is 42.4. The van der Waals surface area contributed by atoms with Crippen LogP contribution in [-0.2, 0) is 10.9 Å². The number of ether oxygens (including phenoxy) is 1. The van der Waals surface area contributed by atoms with Crippen LogP contribution >= 0.6 is 11.6 Å². The van der Waals surface area contributed by atoms with E-state index in [1.165, 1.54) is 12.2 Å². The number of amides is 1. The van der Waals surface area contributed by atoms with Crippen LogP contribution in [0.2, 0.25) is 5.02 Å². The largest absolute Gasteiger partial charge is 0.444 e. The molecule has 122 valence electrons. The molecule has 0 fully saturated rings. The fourth-order valence-electron chi connectivity index (χ4n) is 1.35. The lowest BCUT2D eigenvalue weighted by atomic mass is 10.2. The van der Waals surface area contributed by atoms with E-state index in [1.807, 2.05) is 0 Å². The predicted octanol–water partition coefficient (Wildman–Crippen LogP) is 4.29. The van der Waals surface area contributed by atoms with E-state index in [4.69, 9.17) is 16.3 Å². The van der Waals surface area contributed by atoms with Crippen molar-refractivity contribution >= 4 is 23.8 Å². The van der Waals surface area contributed by atoms with Crippen molar-refractivity contribution in [1.82, 2.24) is 10.3 Å². The lowest BCUT2D eigenvalue weighted by Crippen LogP contribution is -2.32. The molecule has 0 atom stereocenters. The molecule has 0 aliphatic rings. The minimum Gasteiger partial charge on any atom is -0.444 e. The Bertz CT molecular complexity index is 566. The normalized spacial score (nSPS) is 12.5. The first-order chi connectivity index (χ1) is 9.99. The molecule has 0 aliphatic heterocycles. The van der Waals surface area contributed by atoms with Gasteiger partial charge in [-0.2, -0.15) is 13.2 Å². The predicted molar refractivity (Wildman–Crippen MR) is 77.5 cm³/mol. The van der Waals surface area contributed by atoms with Crippen molar-refractivity contribution in [2.75, 3.05) is 6.54 Å². The molecule has 1 heterocycles.